The molecule has 1 fully saturated rings. The molecule has 0 bridgehead atoms. The van der Waals surface area contributed by atoms with Gasteiger partial charge in [-0.2, -0.15) is 0 Å². The van der Waals surface area contributed by atoms with Gasteiger partial charge in [0.1, 0.15) is 0 Å². The monoisotopic (exact) mass is 272 g/mol. The van der Waals surface area contributed by atoms with Crippen molar-refractivity contribution in [2.24, 2.45) is 0 Å². The molecule has 0 atom stereocenters. The van der Waals surface area contributed by atoms with E-state index in [0.717, 1.165) is 16.3 Å². The molecule has 3 rings (SSSR count). The molecule has 2 aromatic rings. The van der Waals surface area contributed by atoms with Gasteiger partial charge in [0.05, 0.1) is 10.5 Å². The van der Waals surface area contributed by atoms with Crippen LogP contribution in [0.3, 0.4) is 0 Å². The summed E-state index contributed by atoms with van der Waals surface area (Å²) < 4.78 is 0. The Morgan fingerprint density at radius 1 is 1.00 bits per heavy atom. The van der Waals surface area contributed by atoms with Crippen LogP contribution in [-0.2, 0) is 0 Å². The minimum Gasteiger partial charge on any atom is -0.303 e. The number of hydrogen-bond acceptors (Lipinski definition) is 3. The SMILES string of the molecule is c1ccc2nc(SCCN3CCCCC3)ccc2c1. The second kappa shape index (κ2) is 6.40. The molecule has 0 unspecified atom stereocenters. The van der Waals surface area contributed by atoms with Crippen LogP contribution in [0, 0.1) is 0 Å². The van der Waals surface area contributed by atoms with Gasteiger partial charge in [-0.1, -0.05) is 30.7 Å². The third-order valence-electron chi connectivity index (χ3n) is 3.68. The lowest BCUT2D eigenvalue weighted by Crippen LogP contribution is -2.31. The second-order valence-corrected chi connectivity index (χ2v) is 6.21. The summed E-state index contributed by atoms with van der Waals surface area (Å²) in [5, 5.41) is 2.37. The van der Waals surface area contributed by atoms with Crippen molar-refractivity contribution in [3.63, 3.8) is 0 Å². The normalized spacial score (nSPS) is 16.8. The number of hydrogen-bond donors (Lipinski definition) is 0. The molecule has 0 amide bonds. The van der Waals surface area contributed by atoms with Crippen molar-refractivity contribution >= 4 is 22.7 Å². The number of piperidine rings is 1. The first-order chi connectivity index (χ1) is 9.42. The first kappa shape index (κ1) is 12.9. The van der Waals surface area contributed by atoms with E-state index in [0.29, 0.717) is 0 Å². The molecule has 1 aliphatic heterocycles. The average Bonchev–Trinajstić information content (AvgIpc) is 2.48. The highest BCUT2D eigenvalue weighted by molar-refractivity contribution is 7.99. The molecule has 100 valence electrons. The highest BCUT2D eigenvalue weighted by Crippen LogP contribution is 2.20. The Morgan fingerprint density at radius 2 is 1.84 bits per heavy atom. The minimum absolute atomic E-state index is 1.10. The Hall–Kier alpha value is -1.06. The third kappa shape index (κ3) is 3.48. The zero-order valence-corrected chi connectivity index (χ0v) is 12.0. The Bertz CT molecular complexity index is 535. The molecule has 0 aliphatic carbocycles. The van der Waals surface area contributed by atoms with Gasteiger partial charge in [0, 0.05) is 17.7 Å². The lowest BCUT2D eigenvalue weighted by Gasteiger charge is -2.25. The van der Waals surface area contributed by atoms with E-state index in [9.17, 15) is 0 Å². The molecule has 1 aliphatic rings. The molecular weight excluding hydrogens is 252 g/mol. The quantitative estimate of drug-likeness (QED) is 0.787. The van der Waals surface area contributed by atoms with Crippen molar-refractivity contribution in [3.05, 3.63) is 36.4 Å². The van der Waals surface area contributed by atoms with Crippen LogP contribution >= 0.6 is 11.8 Å². The van der Waals surface area contributed by atoms with E-state index in [1.54, 1.807) is 0 Å². The molecule has 0 radical (unpaired) electrons. The summed E-state index contributed by atoms with van der Waals surface area (Å²) in [6.45, 7) is 3.76. The van der Waals surface area contributed by atoms with Gasteiger partial charge < -0.3 is 4.90 Å². The summed E-state index contributed by atoms with van der Waals surface area (Å²) >= 11 is 1.88. The highest BCUT2D eigenvalue weighted by Gasteiger charge is 2.09. The lowest BCUT2D eigenvalue weighted by atomic mass is 10.1. The number of thioether (sulfide) groups is 1. The van der Waals surface area contributed by atoms with Gasteiger partial charge >= 0.3 is 0 Å². The van der Waals surface area contributed by atoms with E-state index in [2.05, 4.69) is 41.3 Å². The number of para-hydroxylation sites is 1. The van der Waals surface area contributed by atoms with Crippen LogP contribution in [0.1, 0.15) is 19.3 Å². The van der Waals surface area contributed by atoms with E-state index >= 15 is 0 Å². The number of aromatic nitrogens is 1. The minimum atomic E-state index is 1.10. The van der Waals surface area contributed by atoms with Crippen LogP contribution in [-0.4, -0.2) is 35.3 Å². The maximum absolute atomic E-state index is 4.70. The third-order valence-corrected chi connectivity index (χ3v) is 4.59. The summed E-state index contributed by atoms with van der Waals surface area (Å²) in [6, 6.07) is 12.6. The predicted molar refractivity (Wildman–Crippen MR) is 82.8 cm³/mol. The zero-order chi connectivity index (χ0) is 12.9. The molecule has 1 aromatic heterocycles. The van der Waals surface area contributed by atoms with Crippen molar-refractivity contribution in [2.45, 2.75) is 24.3 Å². The molecule has 3 heteroatoms. The topological polar surface area (TPSA) is 16.1 Å². The Balaban J connectivity index is 1.56. The summed E-state index contributed by atoms with van der Waals surface area (Å²) in [6.07, 6.45) is 4.16. The van der Waals surface area contributed by atoms with Gasteiger partial charge in [0.25, 0.3) is 0 Å². The fourth-order valence-electron chi connectivity index (χ4n) is 2.59. The zero-order valence-electron chi connectivity index (χ0n) is 11.2. The molecule has 0 N–H and O–H groups in total. The van der Waals surface area contributed by atoms with E-state index in [-0.39, 0.29) is 0 Å². The number of benzene rings is 1. The second-order valence-electron chi connectivity index (χ2n) is 5.09. The molecule has 2 heterocycles. The molecule has 0 saturated carbocycles. The number of pyridine rings is 1. The van der Waals surface area contributed by atoms with Crippen LogP contribution < -0.4 is 0 Å². The van der Waals surface area contributed by atoms with Gasteiger partial charge in [-0.25, -0.2) is 4.98 Å². The smallest absolute Gasteiger partial charge is 0.0968 e. The molecule has 19 heavy (non-hydrogen) atoms. The maximum Gasteiger partial charge on any atom is 0.0968 e. The summed E-state index contributed by atoms with van der Waals surface area (Å²) in [7, 11) is 0. The van der Waals surface area contributed by atoms with Crippen LogP contribution in [0.15, 0.2) is 41.4 Å². The fourth-order valence-corrected chi connectivity index (χ4v) is 3.48. The van der Waals surface area contributed by atoms with Crippen molar-refractivity contribution in [3.8, 4) is 0 Å². The Morgan fingerprint density at radius 3 is 2.74 bits per heavy atom. The number of fused-ring (bicyclic) bond motifs is 1. The largest absolute Gasteiger partial charge is 0.303 e. The van der Waals surface area contributed by atoms with Crippen molar-refractivity contribution in [1.29, 1.82) is 0 Å². The standard InChI is InChI=1S/C16H20N2S/c1-4-10-18(11-5-1)12-13-19-16-9-8-14-6-2-3-7-15(14)17-16/h2-3,6-9H,1,4-5,10-13H2. The van der Waals surface area contributed by atoms with Gasteiger partial charge in [-0.3, -0.25) is 0 Å². The molecule has 1 saturated heterocycles. The van der Waals surface area contributed by atoms with E-state index in [4.69, 9.17) is 4.98 Å². The number of rotatable bonds is 4. The lowest BCUT2D eigenvalue weighted by molar-refractivity contribution is 0.242. The highest BCUT2D eigenvalue weighted by atomic mass is 32.2. The van der Waals surface area contributed by atoms with Crippen molar-refractivity contribution in [2.75, 3.05) is 25.4 Å². The first-order valence-corrected chi connectivity index (χ1v) is 8.11. The van der Waals surface area contributed by atoms with E-state index in [1.165, 1.54) is 44.3 Å². The van der Waals surface area contributed by atoms with Crippen LogP contribution in [0.5, 0.6) is 0 Å². The Labute approximate surface area is 119 Å². The number of nitrogens with zero attached hydrogens (tertiary/aromatic N) is 2. The first-order valence-electron chi connectivity index (χ1n) is 7.13. The van der Waals surface area contributed by atoms with E-state index in [1.807, 2.05) is 11.8 Å². The van der Waals surface area contributed by atoms with Crippen LogP contribution in [0.25, 0.3) is 10.9 Å². The average molecular weight is 272 g/mol. The molecular formula is C16H20N2S. The van der Waals surface area contributed by atoms with Gasteiger partial charge in [0.2, 0.25) is 0 Å². The number of likely N-dealkylation sites (tertiary alicyclic amines) is 1. The Kier molecular flexibility index (Phi) is 4.36. The summed E-state index contributed by atoms with van der Waals surface area (Å²) in [5.74, 6) is 1.14. The summed E-state index contributed by atoms with van der Waals surface area (Å²) in [4.78, 5) is 7.28. The molecule has 2 nitrogen and oxygen atoms in total. The van der Waals surface area contributed by atoms with E-state index < -0.39 is 0 Å². The van der Waals surface area contributed by atoms with Crippen molar-refractivity contribution in [1.82, 2.24) is 9.88 Å². The molecule has 1 aromatic carbocycles. The fraction of sp³-hybridized carbons (Fsp3) is 0.438. The van der Waals surface area contributed by atoms with Crippen LogP contribution in [0.2, 0.25) is 0 Å². The van der Waals surface area contributed by atoms with Gasteiger partial charge in [0.15, 0.2) is 0 Å². The molecule has 0 spiro atoms. The predicted octanol–water partition coefficient (Wildman–Crippen LogP) is 3.81. The van der Waals surface area contributed by atoms with Crippen LogP contribution in [0.4, 0.5) is 0 Å². The summed E-state index contributed by atoms with van der Waals surface area (Å²) in [5.41, 5.74) is 1.10. The van der Waals surface area contributed by atoms with Gasteiger partial charge in [-0.05, 0) is 38.1 Å². The van der Waals surface area contributed by atoms with Gasteiger partial charge in [-0.15, -0.1) is 11.8 Å². The van der Waals surface area contributed by atoms with Crippen molar-refractivity contribution < 1.29 is 0 Å². The maximum atomic E-state index is 4.70.